The van der Waals surface area contributed by atoms with Crippen molar-refractivity contribution in [1.29, 1.82) is 0 Å². The van der Waals surface area contributed by atoms with E-state index in [2.05, 4.69) is 0 Å². The zero-order valence-corrected chi connectivity index (χ0v) is 17.1. The summed E-state index contributed by atoms with van der Waals surface area (Å²) in [5.41, 5.74) is 0.538. The molecule has 2 rings (SSSR count). The zero-order chi connectivity index (χ0) is 20.9. The van der Waals surface area contributed by atoms with Crippen molar-refractivity contribution in [3.63, 3.8) is 0 Å². The lowest BCUT2D eigenvalue weighted by Gasteiger charge is -2.28. The van der Waals surface area contributed by atoms with Crippen LogP contribution in [0.4, 0.5) is 4.39 Å². The summed E-state index contributed by atoms with van der Waals surface area (Å²) >= 11 is 0. The third-order valence-corrected chi connectivity index (χ3v) is 5.68. The number of ether oxygens (including phenoxy) is 1. The summed E-state index contributed by atoms with van der Waals surface area (Å²) in [6.07, 6.45) is 0.756. The molecular formula is C20H24FNO5S. The topological polar surface area (TPSA) is 72.9 Å². The largest absolute Gasteiger partial charge is 0.494 e. The van der Waals surface area contributed by atoms with Crippen molar-refractivity contribution in [2.24, 2.45) is 0 Å². The SMILES string of the molecule is CCC(C)N(Cc1ccccc1OS(=O)(=O)c1ccc(OC)c(F)c1)C(C)=O. The van der Waals surface area contributed by atoms with Crippen molar-refractivity contribution in [3.8, 4) is 11.5 Å². The predicted molar refractivity (Wildman–Crippen MR) is 103 cm³/mol. The highest BCUT2D eigenvalue weighted by molar-refractivity contribution is 7.87. The van der Waals surface area contributed by atoms with Gasteiger partial charge in [0.05, 0.1) is 7.11 Å². The first kappa shape index (κ1) is 21.7. The molecule has 0 N–H and O–H groups in total. The van der Waals surface area contributed by atoms with E-state index in [0.29, 0.717) is 5.56 Å². The number of benzene rings is 2. The van der Waals surface area contributed by atoms with E-state index < -0.39 is 15.9 Å². The van der Waals surface area contributed by atoms with Crippen molar-refractivity contribution in [3.05, 3.63) is 53.8 Å². The van der Waals surface area contributed by atoms with Crippen molar-refractivity contribution < 1.29 is 26.5 Å². The van der Waals surface area contributed by atoms with Crippen LogP contribution in [0.15, 0.2) is 47.4 Å². The summed E-state index contributed by atoms with van der Waals surface area (Å²) in [5.74, 6) is -0.900. The lowest BCUT2D eigenvalue weighted by atomic mass is 10.1. The Morgan fingerprint density at radius 3 is 2.43 bits per heavy atom. The van der Waals surface area contributed by atoms with E-state index in [1.807, 2.05) is 13.8 Å². The molecule has 2 aromatic rings. The Morgan fingerprint density at radius 1 is 1.18 bits per heavy atom. The van der Waals surface area contributed by atoms with Crippen LogP contribution in [-0.4, -0.2) is 32.4 Å². The smallest absolute Gasteiger partial charge is 0.339 e. The lowest BCUT2D eigenvalue weighted by molar-refractivity contribution is -0.131. The molecule has 0 heterocycles. The van der Waals surface area contributed by atoms with Gasteiger partial charge in [0.1, 0.15) is 10.6 Å². The number of hydrogen-bond donors (Lipinski definition) is 0. The second-order valence-electron chi connectivity index (χ2n) is 6.35. The second kappa shape index (κ2) is 9.05. The fourth-order valence-corrected chi connectivity index (χ4v) is 3.64. The summed E-state index contributed by atoms with van der Waals surface area (Å²) in [4.78, 5) is 13.3. The number of methoxy groups -OCH3 is 1. The molecule has 0 radical (unpaired) electrons. The molecular weight excluding hydrogens is 385 g/mol. The van der Waals surface area contributed by atoms with Crippen molar-refractivity contribution in [2.75, 3.05) is 7.11 Å². The summed E-state index contributed by atoms with van der Waals surface area (Å²) in [5, 5.41) is 0. The van der Waals surface area contributed by atoms with E-state index in [1.54, 1.807) is 23.1 Å². The monoisotopic (exact) mass is 409 g/mol. The quantitative estimate of drug-likeness (QED) is 0.621. The standard InChI is InChI=1S/C20H24FNO5S/c1-5-14(2)22(15(3)23)13-16-8-6-7-9-19(16)27-28(24,25)17-10-11-20(26-4)18(21)12-17/h6-12,14H,5,13H2,1-4H3. The van der Waals surface area contributed by atoms with E-state index in [4.69, 9.17) is 8.92 Å². The first-order valence-corrected chi connectivity index (χ1v) is 10.2. The van der Waals surface area contributed by atoms with Crippen LogP contribution < -0.4 is 8.92 Å². The fraction of sp³-hybridized carbons (Fsp3) is 0.350. The number of halogens is 1. The Morgan fingerprint density at radius 2 is 1.86 bits per heavy atom. The van der Waals surface area contributed by atoms with E-state index in [1.165, 1.54) is 32.2 Å². The van der Waals surface area contributed by atoms with Gasteiger partial charge in [-0.2, -0.15) is 8.42 Å². The Labute approximate surface area is 165 Å². The van der Waals surface area contributed by atoms with Gasteiger partial charge in [-0.05, 0) is 37.6 Å². The van der Waals surface area contributed by atoms with Crippen molar-refractivity contribution in [1.82, 2.24) is 4.90 Å². The maximum absolute atomic E-state index is 13.9. The number of nitrogens with zero attached hydrogens (tertiary/aromatic N) is 1. The highest BCUT2D eigenvalue weighted by atomic mass is 32.2. The van der Waals surface area contributed by atoms with Gasteiger partial charge in [-0.1, -0.05) is 25.1 Å². The molecule has 0 aliphatic heterocycles. The summed E-state index contributed by atoms with van der Waals surface area (Å²) < 4.78 is 49.2. The van der Waals surface area contributed by atoms with Crippen LogP contribution in [0.2, 0.25) is 0 Å². The van der Waals surface area contributed by atoms with E-state index in [-0.39, 0.29) is 34.9 Å². The molecule has 0 spiro atoms. The van der Waals surface area contributed by atoms with Gasteiger partial charge in [-0.15, -0.1) is 0 Å². The molecule has 0 aliphatic rings. The lowest BCUT2D eigenvalue weighted by Crippen LogP contribution is -2.36. The van der Waals surface area contributed by atoms with Crippen LogP contribution in [-0.2, 0) is 21.5 Å². The molecule has 28 heavy (non-hydrogen) atoms. The van der Waals surface area contributed by atoms with E-state index in [0.717, 1.165) is 12.5 Å². The van der Waals surface area contributed by atoms with Gasteiger partial charge in [0, 0.05) is 25.1 Å². The Bertz CT molecular complexity index is 945. The van der Waals surface area contributed by atoms with Gasteiger partial charge in [0.2, 0.25) is 5.91 Å². The van der Waals surface area contributed by atoms with E-state index in [9.17, 15) is 17.6 Å². The van der Waals surface area contributed by atoms with Crippen molar-refractivity contribution >= 4 is 16.0 Å². The molecule has 0 fully saturated rings. The molecule has 0 saturated heterocycles. The molecule has 0 aliphatic carbocycles. The van der Waals surface area contributed by atoms with Crippen LogP contribution in [0.5, 0.6) is 11.5 Å². The third kappa shape index (κ3) is 5.01. The molecule has 1 unspecified atom stereocenters. The number of amides is 1. The number of hydrogen-bond acceptors (Lipinski definition) is 5. The van der Waals surface area contributed by atoms with Gasteiger partial charge in [-0.25, -0.2) is 4.39 Å². The first-order valence-electron chi connectivity index (χ1n) is 8.82. The van der Waals surface area contributed by atoms with Crippen LogP contribution in [0, 0.1) is 5.82 Å². The molecule has 8 heteroatoms. The predicted octanol–water partition coefficient (Wildman–Crippen LogP) is 3.75. The first-order chi connectivity index (χ1) is 13.2. The molecule has 1 atom stereocenters. The van der Waals surface area contributed by atoms with Crippen molar-refractivity contribution in [2.45, 2.75) is 44.7 Å². The zero-order valence-electron chi connectivity index (χ0n) is 16.3. The van der Waals surface area contributed by atoms with Crippen LogP contribution >= 0.6 is 0 Å². The molecule has 0 aromatic heterocycles. The minimum Gasteiger partial charge on any atom is -0.494 e. The molecule has 0 bridgehead atoms. The highest BCUT2D eigenvalue weighted by Crippen LogP contribution is 2.27. The Kier molecular flexibility index (Phi) is 7.01. The maximum Gasteiger partial charge on any atom is 0.339 e. The van der Waals surface area contributed by atoms with Crippen LogP contribution in [0.3, 0.4) is 0 Å². The molecule has 0 saturated carbocycles. The number of para-hydroxylation sites is 1. The molecule has 2 aromatic carbocycles. The van der Waals surface area contributed by atoms with Crippen LogP contribution in [0.1, 0.15) is 32.8 Å². The van der Waals surface area contributed by atoms with Gasteiger partial charge < -0.3 is 13.8 Å². The normalized spacial score (nSPS) is 12.3. The summed E-state index contributed by atoms with van der Waals surface area (Å²) in [6.45, 7) is 5.55. The fourth-order valence-electron chi connectivity index (χ4n) is 2.67. The third-order valence-electron chi connectivity index (χ3n) is 4.45. The second-order valence-corrected chi connectivity index (χ2v) is 7.89. The average Bonchev–Trinajstić information content (AvgIpc) is 2.66. The van der Waals surface area contributed by atoms with Gasteiger partial charge in [0.15, 0.2) is 11.6 Å². The number of carbonyl (C=O) groups excluding carboxylic acids is 1. The summed E-state index contributed by atoms with van der Waals surface area (Å²) in [6, 6.07) is 9.81. The maximum atomic E-state index is 13.9. The van der Waals surface area contributed by atoms with Gasteiger partial charge >= 0.3 is 10.1 Å². The Hall–Kier alpha value is -2.61. The van der Waals surface area contributed by atoms with E-state index >= 15 is 0 Å². The number of carbonyl (C=O) groups is 1. The highest BCUT2D eigenvalue weighted by Gasteiger charge is 2.22. The Balaban J connectivity index is 2.34. The van der Waals surface area contributed by atoms with Gasteiger partial charge in [-0.3, -0.25) is 4.79 Å². The van der Waals surface area contributed by atoms with Gasteiger partial charge in [0.25, 0.3) is 0 Å². The number of rotatable bonds is 8. The molecule has 1 amide bonds. The van der Waals surface area contributed by atoms with Crippen LogP contribution in [0.25, 0.3) is 0 Å². The average molecular weight is 409 g/mol. The minimum atomic E-state index is -4.26. The molecule has 152 valence electrons. The minimum absolute atomic E-state index is 0.0159. The summed E-state index contributed by atoms with van der Waals surface area (Å²) in [7, 11) is -2.98. The molecule has 6 nitrogen and oxygen atoms in total.